The number of halogens is 1. The van der Waals surface area contributed by atoms with Crippen LogP contribution in [0.3, 0.4) is 0 Å². The Morgan fingerprint density at radius 2 is 1.43 bits per heavy atom. The van der Waals surface area contributed by atoms with E-state index in [1.165, 1.54) is 11.1 Å². The highest BCUT2D eigenvalue weighted by molar-refractivity contribution is 6.30. The van der Waals surface area contributed by atoms with Gasteiger partial charge in [0.15, 0.2) is 0 Å². The fourth-order valence-corrected chi connectivity index (χ4v) is 2.26. The first kappa shape index (κ1) is 15.4. The Morgan fingerprint density at radius 1 is 0.952 bits per heavy atom. The molecule has 0 aliphatic carbocycles. The van der Waals surface area contributed by atoms with Crippen molar-refractivity contribution in [3.05, 3.63) is 80.7 Å². The highest BCUT2D eigenvalue weighted by atomic mass is 35.5. The second kappa shape index (κ2) is 7.70. The zero-order valence-corrected chi connectivity index (χ0v) is 12.7. The van der Waals surface area contributed by atoms with Gasteiger partial charge in [0.25, 0.3) is 0 Å². The molecule has 0 bridgehead atoms. The van der Waals surface area contributed by atoms with Gasteiger partial charge in [-0.3, -0.25) is 4.90 Å². The SMILES string of the molecule is CN(Cc1ccc(Cl)cc1)Cc1ccc(CN=[N+]=[N-])cc1. The van der Waals surface area contributed by atoms with Crippen LogP contribution in [0.1, 0.15) is 16.7 Å². The minimum atomic E-state index is 0.400. The van der Waals surface area contributed by atoms with E-state index in [0.717, 1.165) is 23.7 Å². The van der Waals surface area contributed by atoms with E-state index in [0.29, 0.717) is 6.54 Å². The van der Waals surface area contributed by atoms with Gasteiger partial charge in [0.2, 0.25) is 0 Å². The van der Waals surface area contributed by atoms with Crippen molar-refractivity contribution in [3.63, 3.8) is 0 Å². The zero-order valence-electron chi connectivity index (χ0n) is 11.9. The number of rotatable bonds is 6. The lowest BCUT2D eigenvalue weighted by atomic mass is 10.1. The van der Waals surface area contributed by atoms with Gasteiger partial charge in [0, 0.05) is 23.0 Å². The Labute approximate surface area is 129 Å². The maximum atomic E-state index is 8.30. The molecule has 2 aromatic rings. The molecule has 21 heavy (non-hydrogen) atoms. The summed E-state index contributed by atoms with van der Waals surface area (Å²) in [4.78, 5) is 5.00. The number of nitrogens with zero attached hydrogens (tertiary/aromatic N) is 4. The zero-order chi connectivity index (χ0) is 15.1. The second-order valence-corrected chi connectivity index (χ2v) is 5.44. The van der Waals surface area contributed by atoms with Gasteiger partial charge in [-0.1, -0.05) is 53.1 Å². The molecule has 0 aromatic heterocycles. The number of hydrogen-bond acceptors (Lipinski definition) is 2. The van der Waals surface area contributed by atoms with Gasteiger partial charge in [0.1, 0.15) is 0 Å². The summed E-state index contributed by atoms with van der Waals surface area (Å²) in [6, 6.07) is 16.1. The summed E-state index contributed by atoms with van der Waals surface area (Å²) >= 11 is 5.89. The Bertz CT molecular complexity index is 616. The van der Waals surface area contributed by atoms with Gasteiger partial charge < -0.3 is 0 Å². The maximum Gasteiger partial charge on any atom is 0.0510 e. The fraction of sp³-hybridized carbons (Fsp3) is 0.250. The summed E-state index contributed by atoms with van der Waals surface area (Å²) in [5.74, 6) is 0. The van der Waals surface area contributed by atoms with E-state index in [4.69, 9.17) is 17.1 Å². The van der Waals surface area contributed by atoms with Crippen molar-refractivity contribution in [1.29, 1.82) is 0 Å². The number of azide groups is 1. The molecule has 0 fully saturated rings. The van der Waals surface area contributed by atoms with E-state index in [-0.39, 0.29) is 0 Å². The average Bonchev–Trinajstić information content (AvgIpc) is 2.49. The van der Waals surface area contributed by atoms with Gasteiger partial charge in [-0.05, 0) is 41.4 Å². The number of benzene rings is 2. The Morgan fingerprint density at radius 3 is 1.95 bits per heavy atom. The third-order valence-corrected chi connectivity index (χ3v) is 3.41. The van der Waals surface area contributed by atoms with Crippen LogP contribution in [-0.2, 0) is 19.6 Å². The molecule has 108 valence electrons. The predicted octanol–water partition coefficient (Wildman–Crippen LogP) is 4.78. The summed E-state index contributed by atoms with van der Waals surface area (Å²) in [6.07, 6.45) is 0. The van der Waals surface area contributed by atoms with Gasteiger partial charge >= 0.3 is 0 Å². The van der Waals surface area contributed by atoms with E-state index >= 15 is 0 Å². The summed E-state index contributed by atoms with van der Waals surface area (Å²) < 4.78 is 0. The quantitative estimate of drug-likeness (QED) is 0.430. The van der Waals surface area contributed by atoms with Gasteiger partial charge in [-0.15, -0.1) is 0 Å². The molecular weight excluding hydrogens is 284 g/mol. The lowest BCUT2D eigenvalue weighted by Gasteiger charge is -2.17. The Balaban J connectivity index is 1.91. The van der Waals surface area contributed by atoms with Crippen LogP contribution in [-0.4, -0.2) is 11.9 Å². The lowest BCUT2D eigenvalue weighted by molar-refractivity contribution is 0.319. The summed E-state index contributed by atoms with van der Waals surface area (Å²) in [5, 5.41) is 4.32. The fourth-order valence-electron chi connectivity index (χ4n) is 2.13. The van der Waals surface area contributed by atoms with Crippen molar-refractivity contribution >= 4 is 11.6 Å². The largest absolute Gasteiger partial charge is 0.298 e. The monoisotopic (exact) mass is 300 g/mol. The van der Waals surface area contributed by atoms with Gasteiger partial charge in [-0.2, -0.15) is 0 Å². The van der Waals surface area contributed by atoms with Crippen LogP contribution in [0.15, 0.2) is 53.6 Å². The summed E-state index contributed by atoms with van der Waals surface area (Å²) in [7, 11) is 2.09. The van der Waals surface area contributed by atoms with Gasteiger partial charge in [-0.25, -0.2) is 0 Å². The molecule has 5 heteroatoms. The van der Waals surface area contributed by atoms with Crippen molar-refractivity contribution in [1.82, 2.24) is 4.90 Å². The molecule has 2 rings (SSSR count). The first-order chi connectivity index (χ1) is 10.2. The molecule has 0 radical (unpaired) electrons. The first-order valence-electron chi connectivity index (χ1n) is 6.69. The summed E-state index contributed by atoms with van der Waals surface area (Å²) in [6.45, 7) is 2.14. The van der Waals surface area contributed by atoms with Crippen molar-refractivity contribution < 1.29 is 0 Å². The molecule has 0 saturated heterocycles. The molecule has 0 unspecified atom stereocenters. The van der Waals surface area contributed by atoms with Crippen LogP contribution in [0.25, 0.3) is 10.4 Å². The van der Waals surface area contributed by atoms with Crippen LogP contribution < -0.4 is 0 Å². The first-order valence-corrected chi connectivity index (χ1v) is 7.07. The molecule has 0 saturated carbocycles. The average molecular weight is 301 g/mol. The highest BCUT2D eigenvalue weighted by Crippen LogP contribution is 2.13. The summed E-state index contributed by atoms with van der Waals surface area (Å²) in [5.41, 5.74) is 11.8. The lowest BCUT2D eigenvalue weighted by Crippen LogP contribution is -2.17. The minimum absolute atomic E-state index is 0.400. The Hall–Kier alpha value is -2.00. The maximum absolute atomic E-state index is 8.30. The van der Waals surface area contributed by atoms with Crippen LogP contribution in [0.4, 0.5) is 0 Å². The van der Waals surface area contributed by atoms with E-state index in [2.05, 4.69) is 34.1 Å². The van der Waals surface area contributed by atoms with E-state index in [1.54, 1.807) is 0 Å². The topological polar surface area (TPSA) is 52.0 Å². The number of hydrogen-bond donors (Lipinski definition) is 0. The standard InChI is InChI=1S/C16H17ClN4/c1-21(12-15-6-8-16(17)9-7-15)11-14-4-2-13(3-5-14)10-19-20-18/h2-9H,10-12H2,1H3. The molecule has 0 spiro atoms. The normalized spacial score (nSPS) is 10.4. The molecule has 0 heterocycles. The second-order valence-electron chi connectivity index (χ2n) is 5.00. The minimum Gasteiger partial charge on any atom is -0.298 e. The van der Waals surface area contributed by atoms with Crippen LogP contribution in [0, 0.1) is 0 Å². The molecule has 0 aliphatic rings. The third kappa shape index (κ3) is 5.12. The van der Waals surface area contributed by atoms with Crippen LogP contribution >= 0.6 is 11.6 Å². The van der Waals surface area contributed by atoms with Crippen molar-refractivity contribution in [2.75, 3.05) is 7.05 Å². The van der Waals surface area contributed by atoms with E-state index in [1.807, 2.05) is 36.4 Å². The smallest absolute Gasteiger partial charge is 0.0510 e. The molecular formula is C16H17ClN4. The highest BCUT2D eigenvalue weighted by Gasteiger charge is 2.02. The van der Waals surface area contributed by atoms with Crippen molar-refractivity contribution in [2.24, 2.45) is 5.11 Å². The van der Waals surface area contributed by atoms with E-state index < -0.39 is 0 Å². The molecule has 0 atom stereocenters. The predicted molar refractivity (Wildman–Crippen MR) is 85.9 cm³/mol. The van der Waals surface area contributed by atoms with Crippen molar-refractivity contribution in [2.45, 2.75) is 19.6 Å². The molecule has 0 aliphatic heterocycles. The van der Waals surface area contributed by atoms with Crippen LogP contribution in [0.5, 0.6) is 0 Å². The third-order valence-electron chi connectivity index (χ3n) is 3.16. The Kier molecular flexibility index (Phi) is 5.64. The molecule has 0 N–H and O–H groups in total. The van der Waals surface area contributed by atoms with Crippen molar-refractivity contribution in [3.8, 4) is 0 Å². The van der Waals surface area contributed by atoms with E-state index in [9.17, 15) is 0 Å². The van der Waals surface area contributed by atoms with Gasteiger partial charge in [0.05, 0.1) is 6.54 Å². The molecule has 4 nitrogen and oxygen atoms in total. The molecule has 0 amide bonds. The van der Waals surface area contributed by atoms with Crippen LogP contribution in [0.2, 0.25) is 5.02 Å². The molecule has 2 aromatic carbocycles.